The van der Waals surface area contributed by atoms with Gasteiger partial charge in [0.05, 0.1) is 22.9 Å². The molecule has 0 radical (unpaired) electrons. The maximum absolute atomic E-state index is 5.91. The van der Waals surface area contributed by atoms with Crippen LogP contribution >= 0.6 is 35.6 Å². The molecule has 0 aliphatic rings. The van der Waals surface area contributed by atoms with Gasteiger partial charge in [0, 0.05) is 6.54 Å². The molecule has 92 valence electrons. The molecule has 0 saturated heterocycles. The van der Waals surface area contributed by atoms with Gasteiger partial charge >= 0.3 is 0 Å². The van der Waals surface area contributed by atoms with E-state index in [1.54, 1.807) is 12.3 Å². The number of halogens is 3. The Balaban J connectivity index is 0.00000144. The van der Waals surface area contributed by atoms with Crippen molar-refractivity contribution < 1.29 is 4.42 Å². The zero-order valence-corrected chi connectivity index (χ0v) is 11.3. The van der Waals surface area contributed by atoms with Crippen LogP contribution in [-0.2, 0) is 13.1 Å². The van der Waals surface area contributed by atoms with E-state index < -0.39 is 0 Å². The average Bonchev–Trinajstić information content (AvgIpc) is 2.76. The summed E-state index contributed by atoms with van der Waals surface area (Å²) in [6.45, 7) is 1.44. The van der Waals surface area contributed by atoms with Crippen LogP contribution < -0.4 is 5.32 Å². The fraction of sp³-hybridized carbons (Fsp3) is 0.167. The van der Waals surface area contributed by atoms with E-state index in [1.165, 1.54) is 0 Å². The molecule has 0 spiro atoms. The van der Waals surface area contributed by atoms with Crippen LogP contribution in [0.15, 0.2) is 41.0 Å². The van der Waals surface area contributed by atoms with E-state index in [2.05, 4.69) is 5.32 Å². The highest BCUT2D eigenvalue weighted by atomic mass is 35.5. The summed E-state index contributed by atoms with van der Waals surface area (Å²) in [4.78, 5) is 0. The van der Waals surface area contributed by atoms with Crippen molar-refractivity contribution in [3.8, 4) is 0 Å². The van der Waals surface area contributed by atoms with Crippen molar-refractivity contribution in [2.24, 2.45) is 0 Å². The molecule has 0 aliphatic carbocycles. The van der Waals surface area contributed by atoms with Crippen LogP contribution in [0, 0.1) is 0 Å². The van der Waals surface area contributed by atoms with Gasteiger partial charge in [-0.15, -0.1) is 12.4 Å². The van der Waals surface area contributed by atoms with Gasteiger partial charge in [-0.3, -0.25) is 0 Å². The van der Waals surface area contributed by atoms with E-state index in [1.807, 2.05) is 24.3 Å². The lowest BCUT2D eigenvalue weighted by Gasteiger charge is -2.04. The molecule has 1 N–H and O–H groups in total. The Morgan fingerprint density at radius 1 is 1.06 bits per heavy atom. The summed E-state index contributed by atoms with van der Waals surface area (Å²) in [5, 5.41) is 4.42. The predicted octanol–water partition coefficient (Wildman–Crippen LogP) is 4.30. The van der Waals surface area contributed by atoms with Gasteiger partial charge in [0.1, 0.15) is 5.76 Å². The first-order valence-electron chi connectivity index (χ1n) is 4.93. The standard InChI is InChI=1S/C12H11Cl2NO.ClH/c13-11-4-3-9(6-12(11)14)7-15-8-10-2-1-5-16-10;/h1-6,15H,7-8H2;1H. The van der Waals surface area contributed by atoms with E-state index in [-0.39, 0.29) is 12.4 Å². The maximum Gasteiger partial charge on any atom is 0.117 e. The molecule has 17 heavy (non-hydrogen) atoms. The Kier molecular flexibility index (Phi) is 5.86. The van der Waals surface area contributed by atoms with Gasteiger partial charge < -0.3 is 9.73 Å². The van der Waals surface area contributed by atoms with Gasteiger partial charge in [0.15, 0.2) is 0 Å². The van der Waals surface area contributed by atoms with Crippen molar-refractivity contribution in [3.05, 3.63) is 58.0 Å². The average molecular weight is 293 g/mol. The number of nitrogens with one attached hydrogen (secondary N) is 1. The summed E-state index contributed by atoms with van der Waals surface area (Å²) in [7, 11) is 0. The predicted molar refractivity (Wildman–Crippen MR) is 73.0 cm³/mol. The number of furan rings is 1. The third-order valence-corrected chi connectivity index (χ3v) is 2.93. The first-order chi connectivity index (χ1) is 7.75. The highest BCUT2D eigenvalue weighted by molar-refractivity contribution is 6.42. The summed E-state index contributed by atoms with van der Waals surface area (Å²) in [5.41, 5.74) is 1.10. The molecular weight excluding hydrogens is 280 g/mol. The molecule has 1 aromatic heterocycles. The summed E-state index contributed by atoms with van der Waals surface area (Å²) >= 11 is 11.7. The molecule has 0 saturated carbocycles. The minimum absolute atomic E-state index is 0. The molecule has 2 nitrogen and oxygen atoms in total. The van der Waals surface area contributed by atoms with Crippen LogP contribution in [0.4, 0.5) is 0 Å². The van der Waals surface area contributed by atoms with Crippen molar-refractivity contribution in [2.45, 2.75) is 13.1 Å². The first kappa shape index (κ1) is 14.4. The Morgan fingerprint density at radius 2 is 1.88 bits per heavy atom. The molecular formula is C12H12Cl3NO. The summed E-state index contributed by atoms with van der Waals surface area (Å²) in [6.07, 6.45) is 1.66. The van der Waals surface area contributed by atoms with Gasteiger partial charge in [-0.2, -0.15) is 0 Å². The lowest BCUT2D eigenvalue weighted by molar-refractivity contribution is 0.483. The van der Waals surface area contributed by atoms with Gasteiger partial charge in [-0.1, -0.05) is 29.3 Å². The molecule has 0 bridgehead atoms. The Hall–Kier alpha value is -0.670. The van der Waals surface area contributed by atoms with Crippen molar-refractivity contribution in [3.63, 3.8) is 0 Å². The zero-order chi connectivity index (χ0) is 11.4. The topological polar surface area (TPSA) is 25.2 Å². The summed E-state index contributed by atoms with van der Waals surface area (Å²) in [5.74, 6) is 0.917. The Morgan fingerprint density at radius 3 is 2.53 bits per heavy atom. The van der Waals surface area contributed by atoms with Crippen molar-refractivity contribution in [2.75, 3.05) is 0 Å². The molecule has 5 heteroatoms. The second kappa shape index (κ2) is 6.92. The zero-order valence-electron chi connectivity index (χ0n) is 8.95. The van der Waals surface area contributed by atoms with Crippen LogP contribution in [0.25, 0.3) is 0 Å². The molecule has 1 aromatic carbocycles. The van der Waals surface area contributed by atoms with E-state index in [9.17, 15) is 0 Å². The van der Waals surface area contributed by atoms with E-state index in [0.717, 1.165) is 17.9 Å². The van der Waals surface area contributed by atoms with Crippen molar-refractivity contribution >= 4 is 35.6 Å². The number of rotatable bonds is 4. The van der Waals surface area contributed by atoms with E-state index >= 15 is 0 Å². The quantitative estimate of drug-likeness (QED) is 0.909. The van der Waals surface area contributed by atoms with Crippen LogP contribution in [0.2, 0.25) is 10.0 Å². The molecule has 2 rings (SSSR count). The SMILES string of the molecule is Cl.Clc1ccc(CNCc2ccco2)cc1Cl. The van der Waals surface area contributed by atoms with Crippen LogP contribution in [-0.4, -0.2) is 0 Å². The highest BCUT2D eigenvalue weighted by Crippen LogP contribution is 2.22. The van der Waals surface area contributed by atoms with Gasteiger partial charge in [-0.25, -0.2) is 0 Å². The Labute approximate surface area is 116 Å². The van der Waals surface area contributed by atoms with Crippen LogP contribution in [0.5, 0.6) is 0 Å². The fourth-order valence-electron chi connectivity index (χ4n) is 1.39. The molecule has 2 aromatic rings. The minimum atomic E-state index is 0. The minimum Gasteiger partial charge on any atom is -0.468 e. The van der Waals surface area contributed by atoms with Crippen molar-refractivity contribution in [1.82, 2.24) is 5.32 Å². The second-order valence-electron chi connectivity index (χ2n) is 3.43. The molecule has 0 unspecified atom stereocenters. The third kappa shape index (κ3) is 4.25. The third-order valence-electron chi connectivity index (χ3n) is 2.19. The van der Waals surface area contributed by atoms with Crippen molar-refractivity contribution in [1.29, 1.82) is 0 Å². The first-order valence-corrected chi connectivity index (χ1v) is 5.68. The number of hydrogen-bond acceptors (Lipinski definition) is 2. The fourth-order valence-corrected chi connectivity index (χ4v) is 1.71. The van der Waals surface area contributed by atoms with Gasteiger partial charge in [-0.05, 0) is 29.8 Å². The highest BCUT2D eigenvalue weighted by Gasteiger charge is 2.00. The molecule has 0 amide bonds. The second-order valence-corrected chi connectivity index (χ2v) is 4.25. The smallest absolute Gasteiger partial charge is 0.117 e. The van der Waals surface area contributed by atoms with E-state index in [4.69, 9.17) is 27.6 Å². The molecule has 1 heterocycles. The van der Waals surface area contributed by atoms with E-state index in [0.29, 0.717) is 16.6 Å². The maximum atomic E-state index is 5.91. The van der Waals surface area contributed by atoms with Gasteiger partial charge in [0.2, 0.25) is 0 Å². The number of hydrogen-bond donors (Lipinski definition) is 1. The molecule has 0 fully saturated rings. The number of benzene rings is 1. The molecule has 0 aliphatic heterocycles. The lowest BCUT2D eigenvalue weighted by Crippen LogP contribution is -2.11. The van der Waals surface area contributed by atoms with Crippen LogP contribution in [0.1, 0.15) is 11.3 Å². The summed E-state index contributed by atoms with van der Waals surface area (Å²) in [6, 6.07) is 9.41. The largest absolute Gasteiger partial charge is 0.468 e. The van der Waals surface area contributed by atoms with Crippen LogP contribution in [0.3, 0.4) is 0 Å². The normalized spacial score (nSPS) is 10.0. The lowest BCUT2D eigenvalue weighted by atomic mass is 10.2. The summed E-state index contributed by atoms with van der Waals surface area (Å²) < 4.78 is 5.20. The van der Waals surface area contributed by atoms with Gasteiger partial charge in [0.25, 0.3) is 0 Å². The molecule has 0 atom stereocenters. The monoisotopic (exact) mass is 291 g/mol. The Bertz CT molecular complexity index is 457.